The normalized spacial score (nSPS) is 14.1. The molecule has 0 aliphatic rings. The Morgan fingerprint density at radius 1 is 0.892 bits per heavy atom. The van der Waals surface area contributed by atoms with Crippen LogP contribution in [0.15, 0.2) is 60.7 Å². The Balaban J connectivity index is 1.92. The number of halogens is 6. The van der Waals surface area contributed by atoms with Crippen molar-refractivity contribution in [2.24, 2.45) is 5.73 Å². The second-order valence-electron chi connectivity index (χ2n) is 8.69. The summed E-state index contributed by atoms with van der Waals surface area (Å²) in [5.41, 5.74) is 6.61. The minimum Gasteiger partial charge on any atom is -0.398 e. The molecule has 0 saturated carbocycles. The van der Waals surface area contributed by atoms with Gasteiger partial charge in [-0.05, 0) is 37.6 Å². The highest BCUT2D eigenvalue weighted by atomic mass is 19.4. The molecular formula is C27H24F6N4. The fourth-order valence-corrected chi connectivity index (χ4v) is 4.17. The highest BCUT2D eigenvalue weighted by Crippen LogP contribution is 2.38. The number of nitrogens with two attached hydrogens (primary N) is 1. The lowest BCUT2D eigenvalue weighted by atomic mass is 10.0. The monoisotopic (exact) mass is 518 g/mol. The second kappa shape index (κ2) is 9.84. The van der Waals surface area contributed by atoms with Gasteiger partial charge in [-0.2, -0.15) is 31.4 Å². The highest BCUT2D eigenvalue weighted by Gasteiger charge is 2.37. The molecule has 0 spiro atoms. The van der Waals surface area contributed by atoms with E-state index >= 15 is 0 Å². The van der Waals surface area contributed by atoms with Crippen LogP contribution in [0, 0.1) is 6.92 Å². The predicted molar refractivity (Wildman–Crippen MR) is 132 cm³/mol. The molecule has 0 amide bonds. The van der Waals surface area contributed by atoms with Crippen LogP contribution in [-0.2, 0) is 12.4 Å². The third-order valence-electron chi connectivity index (χ3n) is 5.98. The van der Waals surface area contributed by atoms with Gasteiger partial charge < -0.3 is 11.1 Å². The number of anilines is 1. The van der Waals surface area contributed by atoms with Crippen molar-refractivity contribution in [3.8, 4) is 0 Å². The lowest BCUT2D eigenvalue weighted by Gasteiger charge is -2.17. The summed E-state index contributed by atoms with van der Waals surface area (Å²) in [5, 5.41) is 12.1. The number of rotatable bonds is 5. The highest BCUT2D eigenvalue weighted by molar-refractivity contribution is 5.84. The van der Waals surface area contributed by atoms with E-state index in [4.69, 9.17) is 5.73 Å². The molecule has 1 heterocycles. The van der Waals surface area contributed by atoms with Crippen LogP contribution >= 0.6 is 0 Å². The zero-order chi connectivity index (χ0) is 27.0. The third-order valence-corrected chi connectivity index (χ3v) is 5.98. The molecule has 0 bridgehead atoms. The Morgan fingerprint density at radius 3 is 2.11 bits per heavy atom. The fourth-order valence-electron chi connectivity index (χ4n) is 4.17. The molecule has 0 unspecified atom stereocenters. The molecule has 0 radical (unpaired) electrons. The Hall–Kier alpha value is -3.95. The van der Waals surface area contributed by atoms with Crippen molar-refractivity contribution >= 4 is 28.0 Å². The fraction of sp³-hybridized carbons (Fsp3) is 0.222. The third kappa shape index (κ3) is 5.58. The van der Waals surface area contributed by atoms with E-state index in [-0.39, 0.29) is 11.8 Å². The van der Waals surface area contributed by atoms with Crippen molar-refractivity contribution in [2.75, 3.05) is 5.32 Å². The first kappa shape index (κ1) is 26.1. The first-order valence-electron chi connectivity index (χ1n) is 11.5. The average Bonchev–Trinajstić information content (AvgIpc) is 3.22. The molecule has 4 N–H and O–H groups in total. The zero-order valence-corrected chi connectivity index (χ0v) is 20.0. The van der Waals surface area contributed by atoms with E-state index < -0.39 is 23.5 Å². The number of H-pyrrole nitrogens is 1. The van der Waals surface area contributed by atoms with Crippen LogP contribution in [0.4, 0.5) is 32.0 Å². The number of benzene rings is 3. The van der Waals surface area contributed by atoms with Crippen molar-refractivity contribution < 1.29 is 26.3 Å². The predicted octanol–water partition coefficient (Wildman–Crippen LogP) is 6.04. The molecule has 0 atom stereocenters. The van der Waals surface area contributed by atoms with Gasteiger partial charge in [0.25, 0.3) is 0 Å². The first-order valence-corrected chi connectivity index (χ1v) is 11.5. The van der Waals surface area contributed by atoms with Gasteiger partial charge in [-0.1, -0.05) is 49.7 Å². The number of aromatic nitrogens is 2. The number of aryl methyl sites for hydroxylation is 1. The molecule has 0 aliphatic carbocycles. The SMILES string of the molecule is CCC/C(Nc1cc(C(F)(F)F)cc(C(F)(F)F)c1)=c1/cccc/c1=C(/N)c1ccc2c(C)[nH]nc2c1. The van der Waals surface area contributed by atoms with Crippen LogP contribution in [-0.4, -0.2) is 10.2 Å². The van der Waals surface area contributed by atoms with E-state index in [0.717, 1.165) is 16.6 Å². The van der Waals surface area contributed by atoms with E-state index in [9.17, 15) is 26.3 Å². The first-order chi connectivity index (χ1) is 17.4. The van der Waals surface area contributed by atoms with Crippen LogP contribution in [0.2, 0.25) is 0 Å². The van der Waals surface area contributed by atoms with Gasteiger partial charge in [-0.25, -0.2) is 0 Å². The summed E-state index contributed by atoms with van der Waals surface area (Å²) in [6.45, 7) is 3.76. The molecule has 4 nitrogen and oxygen atoms in total. The molecule has 4 aromatic rings. The van der Waals surface area contributed by atoms with Crippen LogP contribution < -0.4 is 21.5 Å². The van der Waals surface area contributed by atoms with E-state index in [2.05, 4.69) is 15.5 Å². The zero-order valence-electron chi connectivity index (χ0n) is 20.0. The van der Waals surface area contributed by atoms with Crippen molar-refractivity contribution in [1.82, 2.24) is 10.2 Å². The molecule has 4 rings (SSSR count). The summed E-state index contributed by atoms with van der Waals surface area (Å²) in [5.74, 6) is 0. The molecule has 194 valence electrons. The van der Waals surface area contributed by atoms with E-state index in [1.807, 2.05) is 32.0 Å². The van der Waals surface area contributed by atoms with Gasteiger partial charge in [0, 0.05) is 44.2 Å². The van der Waals surface area contributed by atoms with Crippen LogP contribution in [0.3, 0.4) is 0 Å². The molecule has 0 fully saturated rings. The number of hydrogen-bond acceptors (Lipinski definition) is 3. The van der Waals surface area contributed by atoms with Crippen molar-refractivity contribution in [2.45, 2.75) is 39.0 Å². The lowest BCUT2D eigenvalue weighted by molar-refractivity contribution is -0.143. The summed E-state index contributed by atoms with van der Waals surface area (Å²) < 4.78 is 80.3. The number of alkyl halides is 6. The summed E-state index contributed by atoms with van der Waals surface area (Å²) in [7, 11) is 0. The van der Waals surface area contributed by atoms with Crippen molar-refractivity contribution in [1.29, 1.82) is 0 Å². The molecule has 3 aromatic carbocycles. The molecule has 37 heavy (non-hydrogen) atoms. The molecule has 0 saturated heterocycles. The van der Waals surface area contributed by atoms with E-state index in [0.29, 0.717) is 52.4 Å². The topological polar surface area (TPSA) is 66.7 Å². The lowest BCUT2D eigenvalue weighted by Crippen LogP contribution is -2.33. The summed E-state index contributed by atoms with van der Waals surface area (Å²) in [4.78, 5) is 0. The van der Waals surface area contributed by atoms with Gasteiger partial charge >= 0.3 is 12.4 Å². The molecule has 0 aliphatic heterocycles. The van der Waals surface area contributed by atoms with E-state index in [1.165, 1.54) is 0 Å². The summed E-state index contributed by atoms with van der Waals surface area (Å²) >= 11 is 0. The minimum absolute atomic E-state index is 0.108. The molecule has 1 aromatic heterocycles. The Bertz CT molecular complexity index is 1530. The number of aromatic amines is 1. The second-order valence-corrected chi connectivity index (χ2v) is 8.69. The van der Waals surface area contributed by atoms with E-state index in [1.54, 1.807) is 24.3 Å². The number of fused-ring (bicyclic) bond motifs is 1. The quantitative estimate of drug-likeness (QED) is 0.282. The summed E-state index contributed by atoms with van der Waals surface area (Å²) in [6, 6.07) is 14.0. The molecular weight excluding hydrogens is 494 g/mol. The van der Waals surface area contributed by atoms with Crippen molar-refractivity contribution in [3.05, 3.63) is 93.5 Å². The van der Waals surface area contributed by atoms with Gasteiger partial charge in [0.1, 0.15) is 0 Å². The number of hydrogen-bond donors (Lipinski definition) is 3. The maximum absolute atomic E-state index is 13.4. The smallest absolute Gasteiger partial charge is 0.398 e. The van der Waals surface area contributed by atoms with Gasteiger partial charge in [0.05, 0.1) is 16.6 Å². The van der Waals surface area contributed by atoms with Crippen LogP contribution in [0.5, 0.6) is 0 Å². The Labute approximate surface area is 208 Å². The minimum atomic E-state index is -4.94. The van der Waals surface area contributed by atoms with Gasteiger partial charge in [0.15, 0.2) is 0 Å². The maximum atomic E-state index is 13.4. The number of nitrogens with zero attached hydrogens (tertiary/aromatic N) is 1. The molecule has 10 heteroatoms. The van der Waals surface area contributed by atoms with Gasteiger partial charge in [-0.3, -0.25) is 5.10 Å². The average molecular weight is 519 g/mol. The number of nitrogens with one attached hydrogen (secondary N) is 2. The standard InChI is InChI=1S/C27H24F6N4/c1-3-6-23(35-19-13-17(26(28,29)30)12-18(14-19)27(31,32)33)21-7-4-5-8-22(21)25(34)16-9-10-20-15(2)36-37-24(20)11-16/h4-5,7-14,35H,3,6,34H2,1-2H3,(H,36,37)/b23-21+,25-22-. The summed E-state index contributed by atoms with van der Waals surface area (Å²) in [6.07, 6.45) is -8.94. The van der Waals surface area contributed by atoms with Crippen LogP contribution in [0.25, 0.3) is 22.3 Å². The van der Waals surface area contributed by atoms with Crippen molar-refractivity contribution in [3.63, 3.8) is 0 Å². The Morgan fingerprint density at radius 2 is 1.51 bits per heavy atom. The van der Waals surface area contributed by atoms with Gasteiger partial charge in [0.2, 0.25) is 0 Å². The maximum Gasteiger partial charge on any atom is 0.416 e. The van der Waals surface area contributed by atoms with Crippen LogP contribution in [0.1, 0.15) is 42.1 Å². The largest absolute Gasteiger partial charge is 0.416 e. The van der Waals surface area contributed by atoms with Gasteiger partial charge in [-0.15, -0.1) is 0 Å². The Kier molecular flexibility index (Phi) is 6.94.